The first kappa shape index (κ1) is 20.3. The van der Waals surface area contributed by atoms with Gasteiger partial charge in [0.2, 0.25) is 5.91 Å². The number of hydrogen-bond acceptors (Lipinski definition) is 8. The second-order valence-corrected chi connectivity index (χ2v) is 7.77. The average molecular weight is 427 g/mol. The first-order chi connectivity index (χ1) is 13.4. The van der Waals surface area contributed by atoms with Gasteiger partial charge in [0.25, 0.3) is 6.43 Å². The van der Waals surface area contributed by atoms with Crippen LogP contribution in [0.4, 0.5) is 8.78 Å². The van der Waals surface area contributed by atoms with E-state index in [1.54, 1.807) is 25.4 Å². The minimum atomic E-state index is -2.84. The van der Waals surface area contributed by atoms with Crippen molar-refractivity contribution < 1.29 is 23.5 Å². The highest BCUT2D eigenvalue weighted by atomic mass is 32.2. The smallest absolute Gasteiger partial charge is 0.297 e. The van der Waals surface area contributed by atoms with Crippen LogP contribution in [0.5, 0.6) is 0 Å². The molecule has 0 fully saturated rings. The van der Waals surface area contributed by atoms with Crippen LogP contribution in [-0.4, -0.2) is 48.9 Å². The van der Waals surface area contributed by atoms with Gasteiger partial charge in [-0.15, -0.1) is 11.3 Å². The second-order valence-electron chi connectivity index (χ2n) is 5.64. The number of carbonyl (C=O) groups is 2. The first-order valence-corrected chi connectivity index (χ1v) is 9.79. The average Bonchev–Trinajstić information content (AvgIpc) is 3.29. The fourth-order valence-corrected chi connectivity index (χ4v) is 4.14. The zero-order valence-electron chi connectivity index (χ0n) is 14.6. The topological polar surface area (TPSA) is 110 Å². The van der Waals surface area contributed by atoms with Gasteiger partial charge in [-0.05, 0) is 12.1 Å². The van der Waals surface area contributed by atoms with Gasteiger partial charge in [0.05, 0.1) is 22.6 Å². The van der Waals surface area contributed by atoms with E-state index in [1.165, 1.54) is 16.0 Å². The molecule has 0 aromatic carbocycles. The second kappa shape index (κ2) is 8.71. The molecule has 0 aliphatic rings. The summed E-state index contributed by atoms with van der Waals surface area (Å²) in [5.41, 5.74) is 0.154. The van der Waals surface area contributed by atoms with Crippen LogP contribution in [0.3, 0.4) is 0 Å². The molecule has 12 heteroatoms. The highest BCUT2D eigenvalue weighted by Crippen LogP contribution is 2.28. The molecule has 3 aromatic heterocycles. The minimum absolute atomic E-state index is 0.00659. The zero-order valence-corrected chi connectivity index (χ0v) is 16.2. The fourth-order valence-electron chi connectivity index (χ4n) is 2.28. The molecule has 148 valence electrons. The Bertz CT molecular complexity index is 1020. The van der Waals surface area contributed by atoms with Crippen molar-refractivity contribution in [3.63, 3.8) is 0 Å². The molecule has 0 bridgehead atoms. The quantitative estimate of drug-likeness (QED) is 0.321. The Morgan fingerprint density at radius 3 is 2.86 bits per heavy atom. The van der Waals surface area contributed by atoms with E-state index in [-0.39, 0.29) is 28.8 Å². The predicted octanol–water partition coefficient (Wildman–Crippen LogP) is 1.95. The number of thioether (sulfide) groups is 1. The number of amides is 1. The summed E-state index contributed by atoms with van der Waals surface area (Å²) in [4.78, 5) is 32.4. The maximum Gasteiger partial charge on any atom is 0.297 e. The fraction of sp³-hybridized carbons (Fsp3) is 0.312. The van der Waals surface area contributed by atoms with Gasteiger partial charge in [-0.25, -0.2) is 18.7 Å². The van der Waals surface area contributed by atoms with Gasteiger partial charge in [0, 0.05) is 18.1 Å². The number of aliphatic hydroxyl groups excluding tert-OH is 1. The number of aryl methyl sites for hydroxylation is 1. The summed E-state index contributed by atoms with van der Waals surface area (Å²) >= 11 is 2.26. The third-order valence-corrected chi connectivity index (χ3v) is 5.67. The van der Waals surface area contributed by atoms with Crippen LogP contribution in [0, 0.1) is 0 Å². The Kier molecular flexibility index (Phi) is 6.31. The highest BCUT2D eigenvalue weighted by Gasteiger charge is 2.19. The Balaban J connectivity index is 1.71. The number of nitrogens with zero attached hydrogens (tertiary/aromatic N) is 4. The molecule has 3 aromatic rings. The SMILES string of the molecule is Cn1cc2c(SCC(=O)c3ccc(CNC(=O)CO)s3)nc(C(F)F)nc2n1. The third kappa shape index (κ3) is 4.69. The molecule has 1 amide bonds. The number of ketones is 1. The van der Waals surface area contributed by atoms with Crippen molar-refractivity contribution >= 4 is 45.8 Å². The Hall–Kier alpha value is -2.44. The lowest BCUT2D eigenvalue weighted by Gasteiger charge is -2.04. The van der Waals surface area contributed by atoms with Crippen LogP contribution in [0.15, 0.2) is 23.4 Å². The molecule has 0 saturated heterocycles. The molecule has 0 spiro atoms. The number of alkyl halides is 2. The van der Waals surface area contributed by atoms with E-state index in [1.807, 2.05) is 0 Å². The zero-order chi connectivity index (χ0) is 20.3. The monoisotopic (exact) mass is 427 g/mol. The van der Waals surface area contributed by atoms with Gasteiger partial charge in [0.15, 0.2) is 17.3 Å². The molecular formula is C16H15F2N5O3S2. The summed E-state index contributed by atoms with van der Waals surface area (Å²) in [5, 5.41) is 16.0. The van der Waals surface area contributed by atoms with Crippen molar-refractivity contribution in [1.29, 1.82) is 0 Å². The molecule has 0 saturated carbocycles. The van der Waals surface area contributed by atoms with Crippen LogP contribution in [0.25, 0.3) is 11.0 Å². The van der Waals surface area contributed by atoms with E-state index in [9.17, 15) is 18.4 Å². The van der Waals surface area contributed by atoms with Crippen LogP contribution in [0.1, 0.15) is 26.8 Å². The lowest BCUT2D eigenvalue weighted by atomic mass is 10.3. The largest absolute Gasteiger partial charge is 0.387 e. The summed E-state index contributed by atoms with van der Waals surface area (Å²) in [5.74, 6) is -1.31. The Morgan fingerprint density at radius 2 is 2.14 bits per heavy atom. The molecule has 2 N–H and O–H groups in total. The van der Waals surface area contributed by atoms with Crippen LogP contribution in [-0.2, 0) is 18.4 Å². The van der Waals surface area contributed by atoms with E-state index in [0.717, 1.165) is 16.6 Å². The molecule has 0 radical (unpaired) electrons. The summed E-state index contributed by atoms with van der Waals surface area (Å²) in [7, 11) is 1.64. The van der Waals surface area contributed by atoms with Crippen LogP contribution >= 0.6 is 23.1 Å². The third-order valence-electron chi connectivity index (χ3n) is 3.55. The van der Waals surface area contributed by atoms with E-state index >= 15 is 0 Å². The van der Waals surface area contributed by atoms with Gasteiger partial charge in [-0.1, -0.05) is 11.8 Å². The van der Waals surface area contributed by atoms with Crippen LogP contribution < -0.4 is 5.32 Å². The number of fused-ring (bicyclic) bond motifs is 1. The lowest BCUT2D eigenvalue weighted by Crippen LogP contribution is -2.25. The van der Waals surface area contributed by atoms with Gasteiger partial charge >= 0.3 is 0 Å². The number of rotatable bonds is 8. The molecule has 0 unspecified atom stereocenters. The van der Waals surface area contributed by atoms with Gasteiger partial charge in [-0.2, -0.15) is 5.10 Å². The van der Waals surface area contributed by atoms with Crippen molar-refractivity contribution in [1.82, 2.24) is 25.1 Å². The standard InChI is InChI=1S/C16H15F2N5O3S2/c1-23-5-9-14(22-23)20-15(13(17)18)21-16(9)27-7-10(25)11-3-2-8(28-11)4-19-12(26)6-24/h2-3,5,13,24H,4,6-7H2,1H3,(H,19,26). The molecule has 0 aliphatic heterocycles. The lowest BCUT2D eigenvalue weighted by molar-refractivity contribution is -0.123. The number of thiophene rings is 1. The molecule has 3 rings (SSSR count). The number of nitrogens with one attached hydrogen (secondary N) is 1. The van der Waals surface area contributed by atoms with Gasteiger partial charge < -0.3 is 10.4 Å². The highest BCUT2D eigenvalue weighted by molar-refractivity contribution is 8.00. The van der Waals surface area contributed by atoms with E-state index < -0.39 is 24.8 Å². The number of Topliss-reactive ketones (excluding diaryl/α,β-unsaturated/α-hetero) is 1. The summed E-state index contributed by atoms with van der Waals surface area (Å²) in [6, 6.07) is 3.34. The van der Waals surface area contributed by atoms with Gasteiger partial charge in [0.1, 0.15) is 11.6 Å². The molecular weight excluding hydrogens is 412 g/mol. The number of aliphatic hydroxyl groups is 1. The molecule has 8 nitrogen and oxygen atoms in total. The Morgan fingerprint density at radius 1 is 1.36 bits per heavy atom. The van der Waals surface area contributed by atoms with Crippen molar-refractivity contribution in [3.8, 4) is 0 Å². The molecule has 0 atom stereocenters. The molecule has 28 heavy (non-hydrogen) atoms. The number of carbonyl (C=O) groups excluding carboxylic acids is 2. The molecule has 0 aliphatic carbocycles. The molecule has 3 heterocycles. The van der Waals surface area contributed by atoms with E-state index in [0.29, 0.717) is 10.3 Å². The summed E-state index contributed by atoms with van der Waals surface area (Å²) in [6.45, 7) is -0.388. The Labute approximate surface area is 166 Å². The summed E-state index contributed by atoms with van der Waals surface area (Å²) < 4.78 is 27.5. The van der Waals surface area contributed by atoms with Crippen molar-refractivity contribution in [2.45, 2.75) is 18.0 Å². The van der Waals surface area contributed by atoms with Crippen molar-refractivity contribution in [3.05, 3.63) is 33.9 Å². The number of aromatic nitrogens is 4. The normalized spacial score (nSPS) is 11.3. The maximum atomic E-state index is 13.0. The van der Waals surface area contributed by atoms with Crippen LogP contribution in [0.2, 0.25) is 0 Å². The van der Waals surface area contributed by atoms with Crippen molar-refractivity contribution in [2.75, 3.05) is 12.4 Å². The minimum Gasteiger partial charge on any atom is -0.387 e. The van der Waals surface area contributed by atoms with Gasteiger partial charge in [-0.3, -0.25) is 14.3 Å². The van der Waals surface area contributed by atoms with E-state index in [4.69, 9.17) is 5.11 Å². The first-order valence-electron chi connectivity index (χ1n) is 7.99. The number of halogens is 2. The predicted molar refractivity (Wildman–Crippen MR) is 99.6 cm³/mol. The summed E-state index contributed by atoms with van der Waals surface area (Å²) in [6.07, 6.45) is -1.22. The van der Waals surface area contributed by atoms with Crippen molar-refractivity contribution in [2.24, 2.45) is 7.05 Å². The maximum absolute atomic E-state index is 13.0. The number of hydrogen-bond donors (Lipinski definition) is 2. The van der Waals surface area contributed by atoms with E-state index in [2.05, 4.69) is 20.4 Å².